The van der Waals surface area contributed by atoms with Crippen LogP contribution in [0.5, 0.6) is 0 Å². The number of anilines is 3. The highest BCUT2D eigenvalue weighted by Crippen LogP contribution is 2.45. The number of hydrogen-bond donors (Lipinski definition) is 0. The standard InChI is InChI=1S/C46H29NOS/c1-3-11-30(12-4-1)31-19-21-33(22-20-31)47(35-23-25-37-36-15-8-10-18-44(36)49-45(37)28-35)34-24-26-38-41(27-34)40(32-13-5-2-6-14-32)29-43-46(38)39-16-7-9-17-42(39)48-43/h1-29H. The second-order valence-corrected chi connectivity index (χ2v) is 13.6. The molecule has 2 heterocycles. The van der Waals surface area contributed by atoms with Gasteiger partial charge in [0.25, 0.3) is 0 Å². The zero-order valence-electron chi connectivity index (χ0n) is 26.5. The van der Waals surface area contributed by atoms with Crippen molar-refractivity contribution in [3.63, 3.8) is 0 Å². The van der Waals surface area contributed by atoms with E-state index in [0.29, 0.717) is 0 Å². The normalized spacial score (nSPS) is 11.7. The van der Waals surface area contributed by atoms with Gasteiger partial charge in [0.05, 0.1) is 0 Å². The Kier molecular flexibility index (Phi) is 6.39. The van der Waals surface area contributed by atoms with Crippen molar-refractivity contribution in [2.75, 3.05) is 4.90 Å². The molecule has 0 fully saturated rings. The quantitative estimate of drug-likeness (QED) is 0.186. The smallest absolute Gasteiger partial charge is 0.136 e. The maximum Gasteiger partial charge on any atom is 0.136 e. The first kappa shape index (κ1) is 27.9. The van der Waals surface area contributed by atoms with Gasteiger partial charge in [0.1, 0.15) is 11.2 Å². The summed E-state index contributed by atoms with van der Waals surface area (Å²) in [5, 5.41) is 7.27. The Labute approximate surface area is 287 Å². The molecule has 2 aromatic heterocycles. The van der Waals surface area contributed by atoms with Crippen LogP contribution in [0.4, 0.5) is 17.1 Å². The Hall–Kier alpha value is -6.16. The highest BCUT2D eigenvalue weighted by molar-refractivity contribution is 7.25. The lowest BCUT2D eigenvalue weighted by Crippen LogP contribution is -2.10. The van der Waals surface area contributed by atoms with Crippen LogP contribution >= 0.6 is 11.3 Å². The number of benzene rings is 8. The second kappa shape index (κ2) is 11.2. The van der Waals surface area contributed by atoms with E-state index in [9.17, 15) is 0 Å². The molecule has 0 aliphatic heterocycles. The number of nitrogens with zero attached hydrogens (tertiary/aromatic N) is 1. The molecule has 0 atom stereocenters. The summed E-state index contributed by atoms with van der Waals surface area (Å²) in [6.07, 6.45) is 0. The SMILES string of the molecule is c1ccc(-c2ccc(N(c3ccc4c(c3)sc3ccccc34)c3ccc4c(c3)c(-c3ccccc3)cc3oc5ccccc5c34)cc2)cc1. The molecule has 0 spiro atoms. The fourth-order valence-electron chi connectivity index (χ4n) is 7.36. The Balaban J connectivity index is 1.22. The third-order valence-electron chi connectivity index (χ3n) is 9.66. The third kappa shape index (κ3) is 4.62. The predicted molar refractivity (Wildman–Crippen MR) is 210 cm³/mol. The van der Waals surface area contributed by atoms with Gasteiger partial charge in [0.15, 0.2) is 0 Å². The molecule has 8 aromatic carbocycles. The average Bonchev–Trinajstić information content (AvgIpc) is 3.74. The van der Waals surface area contributed by atoms with Crippen molar-refractivity contribution >= 4 is 81.3 Å². The van der Waals surface area contributed by atoms with Crippen LogP contribution in [0.25, 0.3) is 75.1 Å². The van der Waals surface area contributed by atoms with Gasteiger partial charge in [-0.1, -0.05) is 121 Å². The van der Waals surface area contributed by atoms with Crippen molar-refractivity contribution in [1.29, 1.82) is 0 Å². The third-order valence-corrected chi connectivity index (χ3v) is 10.8. The van der Waals surface area contributed by atoms with Crippen molar-refractivity contribution in [1.82, 2.24) is 0 Å². The fraction of sp³-hybridized carbons (Fsp3) is 0. The second-order valence-electron chi connectivity index (χ2n) is 12.5. The monoisotopic (exact) mass is 643 g/mol. The van der Waals surface area contributed by atoms with Crippen LogP contribution in [0.1, 0.15) is 0 Å². The van der Waals surface area contributed by atoms with Crippen LogP contribution in [-0.2, 0) is 0 Å². The van der Waals surface area contributed by atoms with E-state index in [4.69, 9.17) is 4.42 Å². The molecule has 0 aliphatic carbocycles. The summed E-state index contributed by atoms with van der Waals surface area (Å²) in [6.45, 7) is 0. The number of thiophene rings is 1. The highest BCUT2D eigenvalue weighted by Gasteiger charge is 2.19. The highest BCUT2D eigenvalue weighted by atomic mass is 32.1. The molecule has 2 nitrogen and oxygen atoms in total. The molecule has 0 aliphatic rings. The average molecular weight is 644 g/mol. The summed E-state index contributed by atoms with van der Waals surface area (Å²) in [5.41, 5.74) is 9.88. The van der Waals surface area contributed by atoms with Crippen LogP contribution in [0.3, 0.4) is 0 Å². The summed E-state index contributed by atoms with van der Waals surface area (Å²) in [5.74, 6) is 0. The van der Waals surface area contributed by atoms with Gasteiger partial charge >= 0.3 is 0 Å². The number of furan rings is 1. The van der Waals surface area contributed by atoms with E-state index >= 15 is 0 Å². The molecule has 0 unspecified atom stereocenters. The largest absolute Gasteiger partial charge is 0.456 e. The lowest BCUT2D eigenvalue weighted by molar-refractivity contribution is 0.669. The lowest BCUT2D eigenvalue weighted by atomic mass is 9.94. The molecular formula is C46H29NOS. The zero-order chi connectivity index (χ0) is 32.3. The first-order chi connectivity index (χ1) is 24.3. The molecule has 0 saturated carbocycles. The molecule has 0 N–H and O–H groups in total. The maximum atomic E-state index is 6.44. The van der Waals surface area contributed by atoms with Gasteiger partial charge in [0, 0.05) is 48.0 Å². The van der Waals surface area contributed by atoms with Gasteiger partial charge in [-0.25, -0.2) is 0 Å². The molecule has 10 aromatic rings. The van der Waals surface area contributed by atoms with Crippen molar-refractivity contribution < 1.29 is 4.42 Å². The Morgan fingerprint density at radius 2 is 0.959 bits per heavy atom. The summed E-state index contributed by atoms with van der Waals surface area (Å²) in [7, 11) is 0. The Morgan fingerprint density at radius 3 is 1.76 bits per heavy atom. The van der Waals surface area contributed by atoms with Gasteiger partial charge in [-0.3, -0.25) is 0 Å². The molecule has 0 saturated heterocycles. The summed E-state index contributed by atoms with van der Waals surface area (Å²) in [6, 6.07) is 63.2. The van der Waals surface area contributed by atoms with E-state index in [1.54, 1.807) is 0 Å². The summed E-state index contributed by atoms with van der Waals surface area (Å²) >= 11 is 1.85. The van der Waals surface area contributed by atoms with Crippen molar-refractivity contribution in [2.45, 2.75) is 0 Å². The van der Waals surface area contributed by atoms with E-state index in [0.717, 1.165) is 50.1 Å². The summed E-state index contributed by atoms with van der Waals surface area (Å²) in [4.78, 5) is 2.39. The van der Waals surface area contributed by atoms with Crippen molar-refractivity contribution in [2.24, 2.45) is 0 Å². The Morgan fingerprint density at radius 1 is 0.367 bits per heavy atom. The van der Waals surface area contributed by atoms with Gasteiger partial charge in [-0.15, -0.1) is 11.3 Å². The predicted octanol–water partition coefficient (Wildman–Crippen LogP) is 13.9. The van der Waals surface area contributed by atoms with Crippen LogP contribution in [0.2, 0.25) is 0 Å². The number of para-hydroxylation sites is 1. The molecule has 49 heavy (non-hydrogen) atoms. The lowest BCUT2D eigenvalue weighted by Gasteiger charge is -2.26. The number of fused-ring (bicyclic) bond motifs is 8. The topological polar surface area (TPSA) is 16.4 Å². The molecule has 0 bridgehead atoms. The molecular weight excluding hydrogens is 615 g/mol. The van der Waals surface area contributed by atoms with Gasteiger partial charge in [-0.2, -0.15) is 0 Å². The minimum atomic E-state index is 0.906. The first-order valence-electron chi connectivity index (χ1n) is 16.6. The van der Waals surface area contributed by atoms with Crippen LogP contribution in [-0.4, -0.2) is 0 Å². The van der Waals surface area contributed by atoms with Gasteiger partial charge in [0.2, 0.25) is 0 Å². The van der Waals surface area contributed by atoms with Crippen LogP contribution in [0, 0.1) is 0 Å². The molecule has 0 amide bonds. The van der Waals surface area contributed by atoms with Crippen LogP contribution < -0.4 is 4.90 Å². The fourth-order valence-corrected chi connectivity index (χ4v) is 8.49. The molecule has 0 radical (unpaired) electrons. The maximum absolute atomic E-state index is 6.44. The van der Waals surface area contributed by atoms with E-state index in [1.165, 1.54) is 42.1 Å². The summed E-state index contributed by atoms with van der Waals surface area (Å²) < 4.78 is 9.03. The minimum Gasteiger partial charge on any atom is -0.456 e. The zero-order valence-corrected chi connectivity index (χ0v) is 27.3. The molecule has 230 valence electrons. The van der Waals surface area contributed by atoms with Crippen molar-refractivity contribution in [3.05, 3.63) is 176 Å². The number of rotatable bonds is 5. The first-order valence-corrected chi connectivity index (χ1v) is 17.4. The molecule has 3 heteroatoms. The number of hydrogen-bond acceptors (Lipinski definition) is 3. The van der Waals surface area contributed by atoms with Gasteiger partial charge in [-0.05, 0) is 87.6 Å². The Bertz CT molecular complexity index is 2810. The van der Waals surface area contributed by atoms with E-state index in [2.05, 4.69) is 175 Å². The van der Waals surface area contributed by atoms with Gasteiger partial charge < -0.3 is 9.32 Å². The van der Waals surface area contributed by atoms with E-state index in [-0.39, 0.29) is 0 Å². The van der Waals surface area contributed by atoms with E-state index < -0.39 is 0 Å². The van der Waals surface area contributed by atoms with Crippen molar-refractivity contribution in [3.8, 4) is 22.3 Å². The minimum absolute atomic E-state index is 0.906. The molecule has 10 rings (SSSR count). The van der Waals surface area contributed by atoms with Crippen LogP contribution in [0.15, 0.2) is 180 Å². The van der Waals surface area contributed by atoms with E-state index in [1.807, 2.05) is 17.4 Å².